The second-order valence-electron chi connectivity index (χ2n) is 2.42. The molecule has 4 heteroatoms. The van der Waals surface area contributed by atoms with Gasteiger partial charge in [0.2, 0.25) is 0 Å². The highest BCUT2D eigenvalue weighted by atomic mass is 32.2. The molecule has 1 aromatic rings. The van der Waals surface area contributed by atoms with E-state index < -0.39 is 15.1 Å². The third-order valence-electron chi connectivity index (χ3n) is 1.60. The van der Waals surface area contributed by atoms with Gasteiger partial charge in [-0.15, -0.1) is 17.9 Å². The average molecular weight is 202 g/mol. The van der Waals surface area contributed by atoms with Crippen LogP contribution in [0.1, 0.15) is 6.92 Å². The van der Waals surface area contributed by atoms with Crippen LogP contribution < -0.4 is 0 Å². The Labute approximate surface area is 76.5 Å². The van der Waals surface area contributed by atoms with Crippen LogP contribution in [0.15, 0.2) is 34.4 Å². The fourth-order valence-corrected chi connectivity index (χ4v) is 3.23. The van der Waals surface area contributed by atoms with Crippen LogP contribution in [0.3, 0.4) is 0 Å². The van der Waals surface area contributed by atoms with E-state index in [1.54, 1.807) is 24.4 Å². The van der Waals surface area contributed by atoms with Crippen molar-refractivity contribution in [2.75, 3.05) is 0 Å². The molecule has 0 aliphatic rings. The van der Waals surface area contributed by atoms with Gasteiger partial charge >= 0.3 is 0 Å². The van der Waals surface area contributed by atoms with E-state index in [-0.39, 0.29) is 0 Å². The molecule has 0 aliphatic heterocycles. The van der Waals surface area contributed by atoms with Gasteiger partial charge in [0.15, 0.2) is 9.84 Å². The topological polar surface area (TPSA) is 34.1 Å². The Morgan fingerprint density at radius 2 is 2.33 bits per heavy atom. The molecule has 0 bridgehead atoms. The maximum absolute atomic E-state index is 11.6. The minimum absolute atomic E-state index is 0.412. The zero-order valence-corrected chi connectivity index (χ0v) is 8.36. The van der Waals surface area contributed by atoms with Crippen molar-refractivity contribution in [3.63, 3.8) is 0 Å². The fraction of sp³-hybridized carbons (Fsp3) is 0.250. The molecule has 0 aromatic carbocycles. The summed E-state index contributed by atoms with van der Waals surface area (Å²) in [7, 11) is -3.15. The highest BCUT2D eigenvalue weighted by Crippen LogP contribution is 2.21. The van der Waals surface area contributed by atoms with Gasteiger partial charge in [-0.3, -0.25) is 0 Å². The second-order valence-corrected chi connectivity index (χ2v) is 5.90. The molecule has 1 aromatic heterocycles. The summed E-state index contributed by atoms with van der Waals surface area (Å²) in [5.74, 6) is 0. The Balaban J connectivity index is 3.11. The molecule has 0 spiro atoms. The minimum Gasteiger partial charge on any atom is -0.222 e. The van der Waals surface area contributed by atoms with Gasteiger partial charge in [-0.25, -0.2) is 8.42 Å². The van der Waals surface area contributed by atoms with Crippen LogP contribution >= 0.6 is 11.3 Å². The van der Waals surface area contributed by atoms with E-state index in [1.165, 1.54) is 17.4 Å². The molecular formula is C8H10O2S2. The maximum Gasteiger partial charge on any atom is 0.193 e. The first-order valence-corrected chi connectivity index (χ1v) is 5.91. The molecule has 66 valence electrons. The van der Waals surface area contributed by atoms with Crippen molar-refractivity contribution >= 4 is 21.2 Å². The number of hydrogen-bond donors (Lipinski definition) is 0. The van der Waals surface area contributed by atoms with Crippen molar-refractivity contribution in [1.82, 2.24) is 0 Å². The molecule has 0 saturated heterocycles. The summed E-state index contributed by atoms with van der Waals surface area (Å²) in [5, 5.41) is 1.25. The molecule has 1 heterocycles. The molecule has 2 nitrogen and oxygen atoms in total. The van der Waals surface area contributed by atoms with Crippen molar-refractivity contribution in [3.05, 3.63) is 30.2 Å². The molecule has 0 fully saturated rings. The molecule has 12 heavy (non-hydrogen) atoms. The average Bonchev–Trinajstić information content (AvgIpc) is 2.55. The standard InChI is InChI=1S/C8H10O2S2/c1-3-7(2)12(9,10)8-5-4-6-11-8/h3-7H,1H2,2H3. The Hall–Kier alpha value is -0.610. The van der Waals surface area contributed by atoms with E-state index in [1.807, 2.05) is 0 Å². The first kappa shape index (κ1) is 9.48. The summed E-state index contributed by atoms with van der Waals surface area (Å²) in [6.07, 6.45) is 1.44. The number of thiophene rings is 1. The van der Waals surface area contributed by atoms with Crippen molar-refractivity contribution in [3.8, 4) is 0 Å². The third-order valence-corrected chi connectivity index (χ3v) is 5.11. The summed E-state index contributed by atoms with van der Waals surface area (Å²) >= 11 is 1.24. The predicted molar refractivity (Wildman–Crippen MR) is 51.2 cm³/mol. The Bertz CT molecular complexity index is 348. The lowest BCUT2D eigenvalue weighted by Gasteiger charge is -2.04. The first-order valence-electron chi connectivity index (χ1n) is 3.49. The van der Waals surface area contributed by atoms with Crippen molar-refractivity contribution in [2.24, 2.45) is 0 Å². The van der Waals surface area contributed by atoms with E-state index in [2.05, 4.69) is 6.58 Å². The van der Waals surface area contributed by atoms with Crippen molar-refractivity contribution in [1.29, 1.82) is 0 Å². The van der Waals surface area contributed by atoms with Crippen molar-refractivity contribution < 1.29 is 8.42 Å². The number of rotatable bonds is 3. The third kappa shape index (κ3) is 1.59. The van der Waals surface area contributed by atoms with Crippen LogP contribution in [0.2, 0.25) is 0 Å². The van der Waals surface area contributed by atoms with Crippen molar-refractivity contribution in [2.45, 2.75) is 16.4 Å². The molecular weight excluding hydrogens is 192 g/mol. The first-order chi connectivity index (χ1) is 5.59. The fourth-order valence-electron chi connectivity index (χ4n) is 0.735. The van der Waals surface area contributed by atoms with Crippen LogP contribution in [-0.2, 0) is 9.84 Å². The van der Waals surface area contributed by atoms with Gasteiger partial charge in [-0.1, -0.05) is 12.1 Å². The summed E-state index contributed by atoms with van der Waals surface area (Å²) < 4.78 is 23.5. The number of sulfone groups is 1. The highest BCUT2D eigenvalue weighted by Gasteiger charge is 2.20. The normalized spacial score (nSPS) is 14.1. The molecule has 1 rings (SSSR count). The summed E-state index contributed by atoms with van der Waals surface area (Å²) in [6.45, 7) is 5.09. The van der Waals surface area contributed by atoms with Gasteiger partial charge < -0.3 is 0 Å². The van der Waals surface area contributed by atoms with Crippen LogP contribution in [0.4, 0.5) is 0 Å². The van der Waals surface area contributed by atoms with Crippen LogP contribution in [0, 0.1) is 0 Å². The van der Waals surface area contributed by atoms with Gasteiger partial charge in [0.25, 0.3) is 0 Å². The molecule has 0 N–H and O–H groups in total. The molecule has 0 saturated carbocycles. The highest BCUT2D eigenvalue weighted by molar-refractivity contribution is 7.94. The maximum atomic E-state index is 11.6. The van der Waals surface area contributed by atoms with Crippen LogP contribution in [0.25, 0.3) is 0 Å². The zero-order chi connectivity index (χ0) is 9.19. The predicted octanol–water partition coefficient (Wildman–Crippen LogP) is 2.10. The molecule has 0 radical (unpaired) electrons. The minimum atomic E-state index is -3.15. The lowest BCUT2D eigenvalue weighted by atomic mass is 10.5. The van der Waals surface area contributed by atoms with Crippen LogP contribution in [0.5, 0.6) is 0 Å². The van der Waals surface area contributed by atoms with E-state index in [0.717, 1.165) is 0 Å². The Morgan fingerprint density at radius 1 is 1.67 bits per heavy atom. The molecule has 1 unspecified atom stereocenters. The van der Waals surface area contributed by atoms with E-state index in [9.17, 15) is 8.42 Å². The van der Waals surface area contributed by atoms with E-state index in [4.69, 9.17) is 0 Å². The van der Waals surface area contributed by atoms with Gasteiger partial charge in [0.05, 0.1) is 5.25 Å². The summed E-state index contributed by atoms with van der Waals surface area (Å²) in [4.78, 5) is 0. The molecule has 1 atom stereocenters. The molecule has 0 amide bonds. The second kappa shape index (κ2) is 3.41. The monoisotopic (exact) mass is 202 g/mol. The quantitative estimate of drug-likeness (QED) is 0.703. The lowest BCUT2D eigenvalue weighted by molar-refractivity contribution is 0.593. The van der Waals surface area contributed by atoms with Gasteiger partial charge in [0.1, 0.15) is 4.21 Å². The van der Waals surface area contributed by atoms with Gasteiger partial charge in [-0.05, 0) is 18.4 Å². The number of hydrogen-bond acceptors (Lipinski definition) is 3. The van der Waals surface area contributed by atoms with Gasteiger partial charge in [-0.2, -0.15) is 0 Å². The van der Waals surface area contributed by atoms with E-state index in [0.29, 0.717) is 4.21 Å². The largest absolute Gasteiger partial charge is 0.222 e. The van der Waals surface area contributed by atoms with Gasteiger partial charge in [0, 0.05) is 0 Å². The zero-order valence-electron chi connectivity index (χ0n) is 6.73. The van der Waals surface area contributed by atoms with E-state index >= 15 is 0 Å². The summed E-state index contributed by atoms with van der Waals surface area (Å²) in [6, 6.07) is 3.34. The SMILES string of the molecule is C=CC(C)S(=O)(=O)c1cccs1. The lowest BCUT2D eigenvalue weighted by Crippen LogP contribution is -2.13. The van der Waals surface area contributed by atoms with Crippen LogP contribution in [-0.4, -0.2) is 13.7 Å². The smallest absolute Gasteiger partial charge is 0.193 e. The Kier molecular flexibility index (Phi) is 2.69. The summed E-state index contributed by atoms with van der Waals surface area (Å²) in [5.41, 5.74) is 0. The molecule has 0 aliphatic carbocycles. The Morgan fingerprint density at radius 3 is 2.75 bits per heavy atom.